The van der Waals surface area contributed by atoms with E-state index in [4.69, 9.17) is 5.11 Å². The normalized spacial score (nSPS) is 12.9. The Kier molecular flexibility index (Phi) is 23.3. The Hall–Kier alpha value is -0.380. The molecule has 0 fully saturated rings. The molecule has 0 bridgehead atoms. The zero-order valence-electron chi connectivity index (χ0n) is 18.3. The molecule has 0 amide bonds. The fourth-order valence-electron chi connectivity index (χ4n) is 3.51. The Balaban J connectivity index is 3.18. The molecule has 1 atom stereocenters. The summed E-state index contributed by atoms with van der Waals surface area (Å²) in [5.41, 5.74) is 0. The molecule has 0 aliphatic carbocycles. The Morgan fingerprint density at radius 3 is 1.52 bits per heavy atom. The lowest BCUT2D eigenvalue weighted by Gasteiger charge is -2.10. The second kappa shape index (κ2) is 23.7. The molecule has 3 N–H and O–H groups in total. The van der Waals surface area contributed by atoms with E-state index in [-0.39, 0.29) is 19.3 Å². The molecule has 0 saturated heterocycles. The number of rotatable bonds is 22. The van der Waals surface area contributed by atoms with Gasteiger partial charge in [0.1, 0.15) is 0 Å². The fourth-order valence-corrected chi connectivity index (χ4v) is 3.51. The third kappa shape index (κ3) is 21.8. The van der Waals surface area contributed by atoms with Crippen molar-refractivity contribution in [3.8, 4) is 0 Å². The van der Waals surface area contributed by atoms with Crippen LogP contribution in [0.5, 0.6) is 0 Å². The summed E-state index contributed by atoms with van der Waals surface area (Å²) in [6.45, 7) is 3.03. The van der Waals surface area contributed by atoms with Gasteiger partial charge in [0.25, 0.3) is 0 Å². The second-order valence-electron chi connectivity index (χ2n) is 7.99. The first-order valence-corrected chi connectivity index (χ1v) is 12.0. The zero-order chi connectivity index (χ0) is 19.8. The molecular formula is C24H49NO2. The average molecular weight is 384 g/mol. The average Bonchev–Trinajstić information content (AvgIpc) is 2.69. The first-order valence-electron chi connectivity index (χ1n) is 12.0. The fraction of sp³-hybridized carbons (Fsp3) is 0.917. The highest BCUT2D eigenvalue weighted by molar-refractivity contribution is 4.92. The monoisotopic (exact) mass is 383 g/mol. The number of allylic oxidation sites excluding steroid dienone is 1. The summed E-state index contributed by atoms with van der Waals surface area (Å²) in [5.74, 6) is 0. The Morgan fingerprint density at radius 2 is 1.11 bits per heavy atom. The Labute approximate surface area is 170 Å². The van der Waals surface area contributed by atoms with Crippen LogP contribution in [0.1, 0.15) is 116 Å². The van der Waals surface area contributed by atoms with Gasteiger partial charge < -0.3 is 15.5 Å². The number of unbranched alkanes of at least 4 members (excludes halogenated alkanes) is 16. The van der Waals surface area contributed by atoms with E-state index in [9.17, 15) is 5.11 Å². The number of aliphatic hydroxyl groups excluding tert-OH is 2. The molecule has 0 heterocycles. The van der Waals surface area contributed by atoms with E-state index in [0.717, 1.165) is 6.42 Å². The molecule has 0 aliphatic heterocycles. The van der Waals surface area contributed by atoms with Gasteiger partial charge >= 0.3 is 0 Å². The number of nitrogens with one attached hydrogen (secondary N) is 1. The van der Waals surface area contributed by atoms with Crippen molar-refractivity contribution in [1.82, 2.24) is 5.32 Å². The van der Waals surface area contributed by atoms with Crippen molar-refractivity contribution < 1.29 is 10.2 Å². The van der Waals surface area contributed by atoms with Crippen LogP contribution < -0.4 is 5.32 Å². The van der Waals surface area contributed by atoms with Crippen molar-refractivity contribution in [3.05, 3.63) is 12.2 Å². The molecule has 0 aromatic carbocycles. The molecule has 3 nitrogen and oxygen atoms in total. The quantitative estimate of drug-likeness (QED) is 0.155. The summed E-state index contributed by atoms with van der Waals surface area (Å²) in [6.07, 6.45) is 27.8. The van der Waals surface area contributed by atoms with Crippen LogP contribution in [0.4, 0.5) is 0 Å². The molecule has 0 aromatic rings. The Morgan fingerprint density at radius 1 is 0.667 bits per heavy atom. The second-order valence-corrected chi connectivity index (χ2v) is 7.99. The van der Waals surface area contributed by atoms with Gasteiger partial charge in [-0.2, -0.15) is 0 Å². The number of aliphatic hydroxyl groups is 2. The van der Waals surface area contributed by atoms with Crippen LogP contribution in [0.15, 0.2) is 12.2 Å². The molecule has 0 saturated carbocycles. The molecule has 0 aromatic heterocycles. The smallest absolute Gasteiger partial charge is 0.0620 e. The maximum absolute atomic E-state index is 9.20. The predicted octanol–water partition coefficient (Wildman–Crippen LogP) is 6.14. The first kappa shape index (κ1) is 26.6. The van der Waals surface area contributed by atoms with Crippen LogP contribution >= 0.6 is 0 Å². The molecule has 0 rings (SSSR count). The molecule has 0 aliphatic rings. The highest BCUT2D eigenvalue weighted by Crippen LogP contribution is 2.14. The van der Waals surface area contributed by atoms with Gasteiger partial charge in [0.05, 0.1) is 13.2 Å². The van der Waals surface area contributed by atoms with Gasteiger partial charge in [-0.05, 0) is 12.8 Å². The van der Waals surface area contributed by atoms with Crippen molar-refractivity contribution in [2.24, 2.45) is 0 Å². The summed E-state index contributed by atoms with van der Waals surface area (Å²) in [4.78, 5) is 0. The SMILES string of the molecule is CCCCCCCCCCCCCCCCCC/C=C/C(CO)NCCO. The molecular weight excluding hydrogens is 334 g/mol. The number of hydrogen-bond acceptors (Lipinski definition) is 3. The van der Waals surface area contributed by atoms with E-state index in [1.54, 1.807) is 0 Å². The van der Waals surface area contributed by atoms with E-state index in [1.165, 1.54) is 103 Å². The van der Waals surface area contributed by atoms with Gasteiger partial charge in [-0.15, -0.1) is 0 Å². The summed E-state index contributed by atoms with van der Waals surface area (Å²) in [7, 11) is 0. The maximum Gasteiger partial charge on any atom is 0.0620 e. The van der Waals surface area contributed by atoms with Crippen LogP contribution in [0, 0.1) is 0 Å². The largest absolute Gasteiger partial charge is 0.395 e. The minimum absolute atomic E-state index is 0.0155. The molecule has 27 heavy (non-hydrogen) atoms. The standard InChI is InChI=1S/C24H49NO2/c1-2-3-4-5-6-7-8-9-10-11-12-13-14-15-16-17-18-19-20-24(23-27)25-21-22-26/h19-20,24-27H,2-18,21-23H2,1H3/b20-19+. The van der Waals surface area contributed by atoms with Crippen molar-refractivity contribution in [2.45, 2.75) is 122 Å². The van der Waals surface area contributed by atoms with E-state index >= 15 is 0 Å². The van der Waals surface area contributed by atoms with Gasteiger partial charge in [-0.3, -0.25) is 0 Å². The molecule has 0 radical (unpaired) electrons. The minimum Gasteiger partial charge on any atom is -0.395 e. The van der Waals surface area contributed by atoms with Gasteiger partial charge in [-0.25, -0.2) is 0 Å². The third-order valence-electron chi connectivity index (χ3n) is 5.31. The summed E-state index contributed by atoms with van der Waals surface area (Å²) < 4.78 is 0. The maximum atomic E-state index is 9.20. The zero-order valence-corrected chi connectivity index (χ0v) is 18.3. The highest BCUT2D eigenvalue weighted by Gasteiger charge is 1.99. The van der Waals surface area contributed by atoms with Crippen LogP contribution in [0.25, 0.3) is 0 Å². The van der Waals surface area contributed by atoms with Gasteiger partial charge in [0, 0.05) is 12.6 Å². The van der Waals surface area contributed by atoms with E-state index in [0.29, 0.717) is 6.54 Å². The lowest BCUT2D eigenvalue weighted by Crippen LogP contribution is -2.32. The summed E-state index contributed by atoms with van der Waals surface area (Å²) in [6, 6.07) is -0.0155. The van der Waals surface area contributed by atoms with Gasteiger partial charge in [-0.1, -0.05) is 115 Å². The van der Waals surface area contributed by atoms with Crippen LogP contribution in [-0.4, -0.2) is 36.0 Å². The first-order chi connectivity index (χ1) is 13.3. The van der Waals surface area contributed by atoms with Crippen LogP contribution in [-0.2, 0) is 0 Å². The third-order valence-corrected chi connectivity index (χ3v) is 5.31. The van der Waals surface area contributed by atoms with Crippen molar-refractivity contribution in [2.75, 3.05) is 19.8 Å². The van der Waals surface area contributed by atoms with Gasteiger partial charge in [0.2, 0.25) is 0 Å². The molecule has 0 spiro atoms. The van der Waals surface area contributed by atoms with Crippen molar-refractivity contribution >= 4 is 0 Å². The predicted molar refractivity (Wildman–Crippen MR) is 119 cm³/mol. The van der Waals surface area contributed by atoms with E-state index in [2.05, 4.69) is 18.3 Å². The number of hydrogen-bond donors (Lipinski definition) is 3. The molecule has 3 heteroatoms. The van der Waals surface area contributed by atoms with Crippen molar-refractivity contribution in [1.29, 1.82) is 0 Å². The lowest BCUT2D eigenvalue weighted by molar-refractivity contribution is 0.244. The van der Waals surface area contributed by atoms with Gasteiger partial charge in [0.15, 0.2) is 0 Å². The molecule has 1 unspecified atom stereocenters. The highest BCUT2D eigenvalue weighted by atomic mass is 16.3. The summed E-state index contributed by atoms with van der Waals surface area (Å²) in [5, 5.41) is 21.1. The van der Waals surface area contributed by atoms with Crippen LogP contribution in [0.2, 0.25) is 0 Å². The van der Waals surface area contributed by atoms with Crippen LogP contribution in [0.3, 0.4) is 0 Å². The minimum atomic E-state index is -0.0155. The van der Waals surface area contributed by atoms with Crippen molar-refractivity contribution in [3.63, 3.8) is 0 Å². The topological polar surface area (TPSA) is 52.5 Å². The van der Waals surface area contributed by atoms with E-state index in [1.807, 2.05) is 6.08 Å². The molecule has 162 valence electrons. The lowest BCUT2D eigenvalue weighted by atomic mass is 10.0. The Bertz CT molecular complexity index is 294. The summed E-state index contributed by atoms with van der Waals surface area (Å²) >= 11 is 0. The van der Waals surface area contributed by atoms with E-state index < -0.39 is 0 Å².